The van der Waals surface area contributed by atoms with Crippen molar-refractivity contribution >= 4 is 16.9 Å². The van der Waals surface area contributed by atoms with Gasteiger partial charge in [0.2, 0.25) is 0 Å². The molecule has 0 saturated heterocycles. The third-order valence-corrected chi connectivity index (χ3v) is 4.50. The lowest BCUT2D eigenvalue weighted by Crippen LogP contribution is -2.35. The molecule has 1 aliphatic rings. The van der Waals surface area contributed by atoms with Crippen LogP contribution >= 0.6 is 0 Å². The van der Waals surface area contributed by atoms with Gasteiger partial charge in [-0.1, -0.05) is 12.1 Å². The Kier molecular flexibility index (Phi) is 4.01. The number of anilines is 1. The predicted molar refractivity (Wildman–Crippen MR) is 101 cm³/mol. The molecule has 3 heterocycles. The zero-order valence-electron chi connectivity index (χ0n) is 14.7. The molecule has 5 rings (SSSR count). The van der Waals surface area contributed by atoms with Crippen LogP contribution in [0.3, 0.4) is 0 Å². The van der Waals surface area contributed by atoms with Crippen LogP contribution in [0.5, 0.6) is 11.5 Å². The highest BCUT2D eigenvalue weighted by atomic mass is 19.1. The first kappa shape index (κ1) is 16.5. The Hall–Kier alpha value is -3.68. The van der Waals surface area contributed by atoms with Gasteiger partial charge in [0.25, 0.3) is 0 Å². The molecule has 0 saturated carbocycles. The maximum absolute atomic E-state index is 13.2. The van der Waals surface area contributed by atoms with Crippen LogP contribution in [0.15, 0.2) is 61.1 Å². The molecule has 0 amide bonds. The molecule has 0 fully saturated rings. The zero-order valence-corrected chi connectivity index (χ0v) is 14.7. The van der Waals surface area contributed by atoms with Gasteiger partial charge < -0.3 is 14.8 Å². The Morgan fingerprint density at radius 1 is 1.07 bits per heavy atom. The monoisotopic (exact) mass is 377 g/mol. The van der Waals surface area contributed by atoms with E-state index in [1.54, 1.807) is 23.0 Å². The van der Waals surface area contributed by atoms with Crippen LogP contribution in [0.25, 0.3) is 16.7 Å². The summed E-state index contributed by atoms with van der Waals surface area (Å²) in [5, 5.41) is 8.44. The fourth-order valence-corrected chi connectivity index (χ4v) is 3.13. The van der Waals surface area contributed by atoms with Crippen LogP contribution in [-0.4, -0.2) is 39.0 Å². The molecule has 140 valence electrons. The molecule has 1 unspecified atom stereocenters. The first-order valence-electron chi connectivity index (χ1n) is 8.85. The summed E-state index contributed by atoms with van der Waals surface area (Å²) in [6, 6.07) is 13.7. The number of rotatable bonds is 4. The van der Waals surface area contributed by atoms with Crippen molar-refractivity contribution < 1.29 is 13.9 Å². The summed E-state index contributed by atoms with van der Waals surface area (Å²) in [5.74, 6) is 1.84. The number of hydrogen-bond acceptors (Lipinski definition) is 6. The molecule has 1 atom stereocenters. The molecule has 7 nitrogen and oxygen atoms in total. The lowest BCUT2D eigenvalue weighted by Gasteiger charge is -2.26. The van der Waals surface area contributed by atoms with Gasteiger partial charge in [0, 0.05) is 0 Å². The Morgan fingerprint density at radius 3 is 2.75 bits per heavy atom. The molecular weight excluding hydrogens is 361 g/mol. The van der Waals surface area contributed by atoms with Gasteiger partial charge in [0.05, 0.1) is 23.8 Å². The van der Waals surface area contributed by atoms with Crippen LogP contribution in [0, 0.1) is 5.82 Å². The van der Waals surface area contributed by atoms with Gasteiger partial charge in [-0.3, -0.25) is 0 Å². The lowest BCUT2D eigenvalue weighted by atomic mass is 10.2. The van der Waals surface area contributed by atoms with Gasteiger partial charge >= 0.3 is 0 Å². The minimum Gasteiger partial charge on any atom is -0.486 e. The van der Waals surface area contributed by atoms with E-state index in [0.29, 0.717) is 24.6 Å². The second-order valence-corrected chi connectivity index (χ2v) is 6.37. The maximum atomic E-state index is 13.2. The number of halogens is 1. The molecule has 1 aliphatic heterocycles. The summed E-state index contributed by atoms with van der Waals surface area (Å²) in [6.45, 7) is 0.968. The topological polar surface area (TPSA) is 74.1 Å². The molecule has 8 heteroatoms. The van der Waals surface area contributed by atoms with Crippen LogP contribution in [0.4, 0.5) is 10.2 Å². The van der Waals surface area contributed by atoms with Gasteiger partial charge in [-0.2, -0.15) is 5.10 Å². The molecule has 28 heavy (non-hydrogen) atoms. The van der Waals surface area contributed by atoms with E-state index in [2.05, 4.69) is 20.4 Å². The van der Waals surface area contributed by atoms with Crippen molar-refractivity contribution in [1.29, 1.82) is 0 Å². The molecule has 1 N–H and O–H groups in total. The number of benzene rings is 2. The van der Waals surface area contributed by atoms with Crippen molar-refractivity contribution in [3.63, 3.8) is 0 Å². The van der Waals surface area contributed by atoms with E-state index in [4.69, 9.17) is 9.47 Å². The number of nitrogens with one attached hydrogen (secondary N) is 1. The standard InChI is InChI=1S/C20H16FN5O2/c21-13-5-7-14(8-6-13)26-20-16(10-25-26)19(23-12-24-20)22-9-15-11-27-17-3-1-2-4-18(17)28-15/h1-8,10,12,15H,9,11H2,(H,22,23,24). The minimum atomic E-state index is -0.298. The number of nitrogens with zero attached hydrogens (tertiary/aromatic N) is 4. The fraction of sp³-hybridized carbons (Fsp3) is 0.150. The highest BCUT2D eigenvalue weighted by molar-refractivity contribution is 5.87. The first-order chi connectivity index (χ1) is 13.8. The van der Waals surface area contributed by atoms with Crippen molar-refractivity contribution in [2.24, 2.45) is 0 Å². The van der Waals surface area contributed by atoms with Crippen molar-refractivity contribution in [3.05, 3.63) is 66.9 Å². The van der Waals surface area contributed by atoms with Crippen molar-refractivity contribution in [2.45, 2.75) is 6.10 Å². The molecule has 0 spiro atoms. The zero-order chi connectivity index (χ0) is 18.9. The van der Waals surface area contributed by atoms with Crippen LogP contribution in [-0.2, 0) is 0 Å². The van der Waals surface area contributed by atoms with E-state index < -0.39 is 0 Å². The normalized spacial score (nSPS) is 15.5. The van der Waals surface area contributed by atoms with E-state index in [0.717, 1.165) is 22.6 Å². The summed E-state index contributed by atoms with van der Waals surface area (Å²) in [6.07, 6.45) is 3.01. The summed E-state index contributed by atoms with van der Waals surface area (Å²) < 4.78 is 26.5. The van der Waals surface area contributed by atoms with E-state index in [-0.39, 0.29) is 11.9 Å². The first-order valence-corrected chi connectivity index (χ1v) is 8.85. The number of aromatic nitrogens is 4. The van der Waals surface area contributed by atoms with E-state index in [1.165, 1.54) is 18.5 Å². The third-order valence-electron chi connectivity index (χ3n) is 4.50. The van der Waals surface area contributed by atoms with Gasteiger partial charge in [-0.25, -0.2) is 19.0 Å². The fourth-order valence-electron chi connectivity index (χ4n) is 3.13. The molecule has 2 aromatic heterocycles. The Morgan fingerprint density at radius 2 is 1.89 bits per heavy atom. The lowest BCUT2D eigenvalue weighted by molar-refractivity contribution is 0.0997. The molecule has 0 radical (unpaired) electrons. The number of ether oxygens (including phenoxy) is 2. The highest BCUT2D eigenvalue weighted by Gasteiger charge is 2.21. The Balaban J connectivity index is 1.36. The van der Waals surface area contributed by atoms with Gasteiger partial charge in [0.15, 0.2) is 17.1 Å². The summed E-state index contributed by atoms with van der Waals surface area (Å²) in [5.41, 5.74) is 1.36. The van der Waals surface area contributed by atoms with Crippen LogP contribution in [0.2, 0.25) is 0 Å². The van der Waals surface area contributed by atoms with Crippen molar-refractivity contribution in [1.82, 2.24) is 19.7 Å². The summed E-state index contributed by atoms with van der Waals surface area (Å²) in [4.78, 5) is 8.65. The van der Waals surface area contributed by atoms with E-state index >= 15 is 0 Å². The molecule has 0 bridgehead atoms. The smallest absolute Gasteiger partial charge is 0.168 e. The minimum absolute atomic E-state index is 0.146. The van der Waals surface area contributed by atoms with Crippen LogP contribution < -0.4 is 14.8 Å². The third kappa shape index (κ3) is 2.98. The average molecular weight is 377 g/mol. The number of para-hydroxylation sites is 2. The highest BCUT2D eigenvalue weighted by Crippen LogP contribution is 2.31. The SMILES string of the molecule is Fc1ccc(-n2ncc3c(NCC4COc5ccccc5O4)ncnc32)cc1. The molecular formula is C20H16FN5O2. The summed E-state index contributed by atoms with van der Waals surface area (Å²) in [7, 11) is 0. The van der Waals surface area contributed by atoms with Gasteiger partial charge in [-0.15, -0.1) is 0 Å². The predicted octanol–water partition coefficient (Wildman–Crippen LogP) is 3.21. The number of fused-ring (bicyclic) bond motifs is 2. The second kappa shape index (κ2) is 6.80. The number of hydrogen-bond donors (Lipinski definition) is 1. The molecule has 4 aromatic rings. The molecule has 0 aliphatic carbocycles. The van der Waals surface area contributed by atoms with Gasteiger partial charge in [0.1, 0.15) is 30.7 Å². The Bertz CT molecular complexity index is 1130. The van der Waals surface area contributed by atoms with E-state index in [9.17, 15) is 4.39 Å². The quantitative estimate of drug-likeness (QED) is 0.589. The molecule has 2 aromatic carbocycles. The van der Waals surface area contributed by atoms with Crippen molar-refractivity contribution in [2.75, 3.05) is 18.5 Å². The second-order valence-electron chi connectivity index (χ2n) is 6.37. The largest absolute Gasteiger partial charge is 0.486 e. The Labute approximate surface area is 159 Å². The summed E-state index contributed by atoms with van der Waals surface area (Å²) >= 11 is 0. The maximum Gasteiger partial charge on any atom is 0.168 e. The van der Waals surface area contributed by atoms with Gasteiger partial charge in [-0.05, 0) is 36.4 Å². The average Bonchev–Trinajstić information content (AvgIpc) is 3.17. The van der Waals surface area contributed by atoms with Crippen LogP contribution in [0.1, 0.15) is 0 Å². The van der Waals surface area contributed by atoms with E-state index in [1.807, 2.05) is 24.3 Å². The van der Waals surface area contributed by atoms with Crippen molar-refractivity contribution in [3.8, 4) is 17.2 Å².